The Morgan fingerprint density at radius 1 is 1.50 bits per heavy atom. The number of rotatable bonds is 3. The molecule has 0 aromatic carbocycles. The summed E-state index contributed by atoms with van der Waals surface area (Å²) in [5, 5.41) is 3.10. The van der Waals surface area contributed by atoms with E-state index in [9.17, 15) is 4.79 Å². The lowest BCUT2D eigenvalue weighted by atomic mass is 10.3. The van der Waals surface area contributed by atoms with Gasteiger partial charge in [-0.1, -0.05) is 0 Å². The average Bonchev–Trinajstić information content (AvgIpc) is 2.68. The summed E-state index contributed by atoms with van der Waals surface area (Å²) >= 11 is 0. The predicted octanol–water partition coefficient (Wildman–Crippen LogP) is 0.975. The normalized spacial score (nSPS) is 12.4. The fourth-order valence-electron chi connectivity index (χ4n) is 1.46. The Kier molecular flexibility index (Phi) is 2.72. The number of hydrogen-bond acceptors (Lipinski definition) is 4. The smallest absolute Gasteiger partial charge is 0.252 e. The summed E-state index contributed by atoms with van der Waals surface area (Å²) in [6.45, 7) is 3.68. The molecule has 0 aliphatic carbocycles. The largest absolute Gasteiger partial charge is 0.360 e. The quantitative estimate of drug-likeness (QED) is 0.718. The highest BCUT2D eigenvalue weighted by atomic mass is 16.1. The Bertz CT molecular complexity index is 516. The van der Waals surface area contributed by atoms with Gasteiger partial charge in [0.25, 0.3) is 5.56 Å². The molecule has 0 radical (unpaired) electrons. The summed E-state index contributed by atoms with van der Waals surface area (Å²) in [7, 11) is 0. The van der Waals surface area contributed by atoms with Gasteiger partial charge in [-0.05, 0) is 13.8 Å². The molecule has 1 atom stereocenters. The molecule has 0 bridgehead atoms. The van der Waals surface area contributed by atoms with Crippen LogP contribution in [0.2, 0.25) is 0 Å². The maximum absolute atomic E-state index is 11.2. The third kappa shape index (κ3) is 2.28. The lowest BCUT2D eigenvalue weighted by Gasteiger charge is -2.11. The van der Waals surface area contributed by atoms with Crippen molar-refractivity contribution in [1.29, 1.82) is 0 Å². The number of nitrogens with one attached hydrogen (secondary N) is 3. The number of aryl methyl sites for hydroxylation is 1. The lowest BCUT2D eigenvalue weighted by molar-refractivity contribution is 0.799. The Morgan fingerprint density at radius 3 is 2.94 bits per heavy atom. The SMILES string of the molecule is Cc1nc(NC(C)c2ncc[nH]2)cc(=O)[nH]1. The standard InChI is InChI=1S/C10H13N5O/c1-6(10-11-3-4-12-10)13-8-5-9(16)15-7(2)14-8/h3-6H,1-2H3,(H,11,12)(H2,13,14,15,16). The zero-order valence-corrected chi connectivity index (χ0v) is 9.11. The van der Waals surface area contributed by atoms with Gasteiger partial charge < -0.3 is 15.3 Å². The van der Waals surface area contributed by atoms with Crippen LogP contribution in [0.4, 0.5) is 5.82 Å². The van der Waals surface area contributed by atoms with E-state index in [0.29, 0.717) is 11.6 Å². The van der Waals surface area contributed by atoms with E-state index in [1.165, 1.54) is 6.07 Å². The molecule has 0 aliphatic rings. The van der Waals surface area contributed by atoms with Crippen molar-refractivity contribution in [3.63, 3.8) is 0 Å². The van der Waals surface area contributed by atoms with Gasteiger partial charge in [0.2, 0.25) is 0 Å². The van der Waals surface area contributed by atoms with Crippen LogP contribution in [0.5, 0.6) is 0 Å². The summed E-state index contributed by atoms with van der Waals surface area (Å²) < 4.78 is 0. The molecule has 0 spiro atoms. The third-order valence-corrected chi connectivity index (χ3v) is 2.15. The van der Waals surface area contributed by atoms with Gasteiger partial charge in [0.1, 0.15) is 17.5 Å². The van der Waals surface area contributed by atoms with E-state index in [0.717, 1.165) is 5.82 Å². The van der Waals surface area contributed by atoms with Crippen LogP contribution in [-0.2, 0) is 0 Å². The van der Waals surface area contributed by atoms with Crippen molar-refractivity contribution >= 4 is 5.82 Å². The van der Waals surface area contributed by atoms with E-state index in [1.54, 1.807) is 19.3 Å². The number of hydrogen-bond donors (Lipinski definition) is 3. The van der Waals surface area contributed by atoms with Gasteiger partial charge in [0.15, 0.2) is 0 Å². The van der Waals surface area contributed by atoms with Gasteiger partial charge in [-0.2, -0.15) is 0 Å². The predicted molar refractivity (Wildman–Crippen MR) is 60.2 cm³/mol. The third-order valence-electron chi connectivity index (χ3n) is 2.15. The number of imidazole rings is 1. The van der Waals surface area contributed by atoms with Crippen LogP contribution in [0.1, 0.15) is 24.6 Å². The highest BCUT2D eigenvalue weighted by molar-refractivity contribution is 5.34. The summed E-state index contributed by atoms with van der Waals surface area (Å²) in [4.78, 5) is 25.1. The molecule has 2 heterocycles. The lowest BCUT2D eigenvalue weighted by Crippen LogP contribution is -2.15. The molecule has 1 unspecified atom stereocenters. The number of H-pyrrole nitrogens is 2. The van der Waals surface area contributed by atoms with E-state index in [-0.39, 0.29) is 11.6 Å². The second kappa shape index (κ2) is 4.18. The number of aromatic nitrogens is 4. The van der Waals surface area contributed by atoms with Crippen LogP contribution >= 0.6 is 0 Å². The zero-order chi connectivity index (χ0) is 11.5. The molecule has 2 aromatic rings. The van der Waals surface area contributed by atoms with Crippen molar-refractivity contribution in [2.24, 2.45) is 0 Å². The van der Waals surface area contributed by atoms with Crippen LogP contribution in [-0.4, -0.2) is 19.9 Å². The van der Waals surface area contributed by atoms with Crippen molar-refractivity contribution < 1.29 is 0 Å². The molecule has 0 saturated carbocycles. The summed E-state index contributed by atoms with van der Waals surface area (Å²) in [5.41, 5.74) is -0.165. The van der Waals surface area contributed by atoms with Crippen LogP contribution in [0.15, 0.2) is 23.3 Å². The van der Waals surface area contributed by atoms with Crippen molar-refractivity contribution in [3.05, 3.63) is 40.5 Å². The second-order valence-electron chi connectivity index (χ2n) is 3.56. The highest BCUT2D eigenvalue weighted by Gasteiger charge is 2.08. The molecule has 0 fully saturated rings. The first-order chi connectivity index (χ1) is 7.65. The summed E-state index contributed by atoms with van der Waals surface area (Å²) in [6, 6.07) is 1.40. The summed E-state index contributed by atoms with van der Waals surface area (Å²) in [6.07, 6.45) is 3.44. The molecule has 0 aliphatic heterocycles. The van der Waals surface area contributed by atoms with E-state index in [1.807, 2.05) is 6.92 Å². The molecule has 16 heavy (non-hydrogen) atoms. The first-order valence-electron chi connectivity index (χ1n) is 4.99. The number of aromatic amines is 2. The van der Waals surface area contributed by atoms with Gasteiger partial charge in [-0.25, -0.2) is 9.97 Å². The van der Waals surface area contributed by atoms with Gasteiger partial charge >= 0.3 is 0 Å². The van der Waals surface area contributed by atoms with Crippen LogP contribution in [0, 0.1) is 6.92 Å². The zero-order valence-electron chi connectivity index (χ0n) is 9.11. The van der Waals surface area contributed by atoms with Crippen LogP contribution < -0.4 is 10.9 Å². The molecule has 84 valence electrons. The number of anilines is 1. The average molecular weight is 219 g/mol. The molecule has 0 saturated heterocycles. The van der Waals surface area contributed by atoms with E-state index >= 15 is 0 Å². The van der Waals surface area contributed by atoms with Crippen LogP contribution in [0.25, 0.3) is 0 Å². The topological polar surface area (TPSA) is 86.5 Å². The summed E-state index contributed by atoms with van der Waals surface area (Å²) in [5.74, 6) is 1.94. The van der Waals surface area contributed by atoms with E-state index < -0.39 is 0 Å². The van der Waals surface area contributed by atoms with Crippen molar-refractivity contribution in [2.75, 3.05) is 5.32 Å². The number of nitrogens with zero attached hydrogens (tertiary/aromatic N) is 2. The van der Waals surface area contributed by atoms with Crippen molar-refractivity contribution in [3.8, 4) is 0 Å². The Hall–Kier alpha value is -2.11. The molecule has 3 N–H and O–H groups in total. The second-order valence-corrected chi connectivity index (χ2v) is 3.56. The molecule has 6 nitrogen and oxygen atoms in total. The van der Waals surface area contributed by atoms with Gasteiger partial charge in [-0.3, -0.25) is 4.79 Å². The van der Waals surface area contributed by atoms with Crippen molar-refractivity contribution in [2.45, 2.75) is 19.9 Å². The Labute approximate surface area is 92.2 Å². The maximum Gasteiger partial charge on any atom is 0.252 e. The Balaban J connectivity index is 2.18. The highest BCUT2D eigenvalue weighted by Crippen LogP contribution is 2.12. The molecule has 2 aromatic heterocycles. The van der Waals surface area contributed by atoms with Crippen molar-refractivity contribution in [1.82, 2.24) is 19.9 Å². The molecule has 0 amide bonds. The van der Waals surface area contributed by atoms with Gasteiger partial charge in [0, 0.05) is 18.5 Å². The van der Waals surface area contributed by atoms with Crippen LogP contribution in [0.3, 0.4) is 0 Å². The fourth-order valence-corrected chi connectivity index (χ4v) is 1.46. The van der Waals surface area contributed by atoms with E-state index in [2.05, 4.69) is 25.3 Å². The van der Waals surface area contributed by atoms with E-state index in [4.69, 9.17) is 0 Å². The van der Waals surface area contributed by atoms with Gasteiger partial charge in [0.05, 0.1) is 6.04 Å². The minimum absolute atomic E-state index is 0.0244. The molecule has 2 rings (SSSR count). The first kappa shape index (κ1) is 10.4. The molecular weight excluding hydrogens is 206 g/mol. The minimum Gasteiger partial charge on any atom is -0.360 e. The maximum atomic E-state index is 11.2. The monoisotopic (exact) mass is 219 g/mol. The Morgan fingerprint density at radius 2 is 2.31 bits per heavy atom. The fraction of sp³-hybridized carbons (Fsp3) is 0.300. The molecular formula is C10H13N5O. The van der Waals surface area contributed by atoms with Gasteiger partial charge in [-0.15, -0.1) is 0 Å². The minimum atomic E-state index is -0.165. The molecule has 6 heteroatoms. The first-order valence-corrected chi connectivity index (χ1v) is 4.99.